The van der Waals surface area contributed by atoms with E-state index in [0.717, 1.165) is 16.5 Å². The fourth-order valence-electron chi connectivity index (χ4n) is 3.78. The summed E-state index contributed by atoms with van der Waals surface area (Å²) in [6.07, 6.45) is 3.60. The van der Waals surface area contributed by atoms with E-state index in [0.29, 0.717) is 10.9 Å². The zero-order valence-electron chi connectivity index (χ0n) is 17.1. The van der Waals surface area contributed by atoms with Crippen molar-refractivity contribution in [3.63, 3.8) is 0 Å². The maximum Gasteiger partial charge on any atom is 0.262 e. The monoisotopic (exact) mass is 414 g/mol. The van der Waals surface area contributed by atoms with Gasteiger partial charge in [-0.15, -0.1) is 6.58 Å². The Morgan fingerprint density at radius 2 is 1.87 bits per heavy atom. The Kier molecular flexibility index (Phi) is 5.49. The minimum absolute atomic E-state index is 0.0395. The second-order valence-electron chi connectivity index (χ2n) is 7.30. The van der Waals surface area contributed by atoms with Gasteiger partial charge in [-0.2, -0.15) is 0 Å². The van der Waals surface area contributed by atoms with Crippen LogP contribution in [0.25, 0.3) is 21.8 Å². The van der Waals surface area contributed by atoms with Gasteiger partial charge in [0.2, 0.25) is 5.91 Å². The summed E-state index contributed by atoms with van der Waals surface area (Å²) >= 11 is 0. The third-order valence-electron chi connectivity index (χ3n) is 5.25. The van der Waals surface area contributed by atoms with E-state index in [4.69, 9.17) is 0 Å². The molecule has 0 aliphatic rings. The average molecular weight is 414 g/mol. The first-order chi connectivity index (χ1) is 15.0. The van der Waals surface area contributed by atoms with Crippen LogP contribution in [0, 0.1) is 0 Å². The molecule has 0 aliphatic carbocycles. The number of para-hydroxylation sites is 2. The molecule has 4 rings (SSSR count). The number of benzene rings is 2. The fourth-order valence-corrected chi connectivity index (χ4v) is 3.78. The molecule has 4 aromatic rings. The van der Waals surface area contributed by atoms with Crippen LogP contribution in [0.5, 0.6) is 0 Å². The van der Waals surface area contributed by atoms with Crippen LogP contribution in [0.1, 0.15) is 29.1 Å². The van der Waals surface area contributed by atoms with Crippen molar-refractivity contribution in [1.82, 2.24) is 19.9 Å². The molecule has 0 bridgehead atoms. The average Bonchev–Trinajstić information content (AvgIpc) is 3.19. The lowest BCUT2D eigenvalue weighted by Gasteiger charge is -2.21. The molecule has 7 heteroatoms. The molecule has 0 saturated heterocycles. The van der Waals surface area contributed by atoms with Gasteiger partial charge in [-0.1, -0.05) is 36.4 Å². The number of nitrogens with one attached hydrogen (secondary N) is 2. The van der Waals surface area contributed by atoms with Crippen molar-refractivity contribution in [1.29, 1.82) is 0 Å². The number of H-pyrrole nitrogens is 1. The molecule has 2 aromatic heterocycles. The molecule has 31 heavy (non-hydrogen) atoms. The molecular weight excluding hydrogens is 392 g/mol. The number of rotatable bonds is 7. The summed E-state index contributed by atoms with van der Waals surface area (Å²) in [5.74, 6) is -0.808. The minimum atomic E-state index is -0.956. The highest BCUT2D eigenvalue weighted by atomic mass is 16.2. The van der Waals surface area contributed by atoms with E-state index in [1.807, 2.05) is 30.5 Å². The summed E-state index contributed by atoms with van der Waals surface area (Å²) in [6, 6.07) is 13.6. The van der Waals surface area contributed by atoms with Crippen LogP contribution in [0.15, 0.2) is 72.2 Å². The first kappa shape index (κ1) is 20.3. The number of hydrogen-bond donors (Lipinski definition) is 2. The van der Waals surface area contributed by atoms with Crippen molar-refractivity contribution in [2.45, 2.75) is 19.4 Å². The quantitative estimate of drug-likeness (QED) is 0.359. The smallest absolute Gasteiger partial charge is 0.262 e. The van der Waals surface area contributed by atoms with Crippen molar-refractivity contribution in [3.05, 3.63) is 89.1 Å². The Hall–Kier alpha value is -4.00. The Morgan fingerprint density at radius 3 is 2.61 bits per heavy atom. The van der Waals surface area contributed by atoms with E-state index in [2.05, 4.69) is 21.9 Å². The second kappa shape index (κ2) is 8.39. The first-order valence-corrected chi connectivity index (χ1v) is 9.97. The zero-order chi connectivity index (χ0) is 22.0. The molecular formula is C24H22N4O3. The zero-order valence-corrected chi connectivity index (χ0v) is 17.1. The summed E-state index contributed by atoms with van der Waals surface area (Å²) < 4.78 is 1.23. The van der Waals surface area contributed by atoms with Gasteiger partial charge in [-0.25, -0.2) is 4.98 Å². The molecule has 156 valence electrons. The molecule has 0 unspecified atom stereocenters. The summed E-state index contributed by atoms with van der Waals surface area (Å²) in [6.45, 7) is 5.22. The SMILES string of the molecule is C=CCNC(=O)[C@H](Cc1c[nH]c2ccccc12)n1c(C(C)=O)nc2ccccc2c1=O. The molecule has 0 spiro atoms. The van der Waals surface area contributed by atoms with Gasteiger partial charge in [-0.3, -0.25) is 19.0 Å². The molecule has 0 fully saturated rings. The first-order valence-electron chi connectivity index (χ1n) is 9.97. The van der Waals surface area contributed by atoms with E-state index in [9.17, 15) is 14.4 Å². The number of amides is 1. The Bertz CT molecular complexity index is 1370. The molecule has 1 amide bonds. The number of carbonyl (C=O) groups excluding carboxylic acids is 2. The van der Waals surface area contributed by atoms with Crippen molar-refractivity contribution in [2.24, 2.45) is 0 Å². The van der Waals surface area contributed by atoms with Crippen LogP contribution in [-0.2, 0) is 11.2 Å². The largest absolute Gasteiger partial charge is 0.361 e. The molecule has 0 saturated carbocycles. The summed E-state index contributed by atoms with van der Waals surface area (Å²) in [7, 11) is 0. The highest BCUT2D eigenvalue weighted by molar-refractivity contribution is 5.94. The van der Waals surface area contributed by atoms with Crippen LogP contribution < -0.4 is 10.9 Å². The fraction of sp³-hybridized carbons (Fsp3) is 0.167. The number of hydrogen-bond acceptors (Lipinski definition) is 4. The molecule has 2 N–H and O–H groups in total. The predicted octanol–water partition coefficient (Wildman–Crippen LogP) is 3.17. The molecule has 7 nitrogen and oxygen atoms in total. The lowest BCUT2D eigenvalue weighted by Crippen LogP contribution is -2.41. The third-order valence-corrected chi connectivity index (χ3v) is 5.25. The minimum Gasteiger partial charge on any atom is -0.361 e. The van der Waals surface area contributed by atoms with Gasteiger partial charge in [0.25, 0.3) is 5.56 Å². The number of nitrogens with zero attached hydrogens (tertiary/aromatic N) is 2. The van der Waals surface area contributed by atoms with E-state index in [1.54, 1.807) is 30.3 Å². The Labute approximate surface area is 178 Å². The highest BCUT2D eigenvalue weighted by Crippen LogP contribution is 2.24. The second-order valence-corrected chi connectivity index (χ2v) is 7.30. The lowest BCUT2D eigenvalue weighted by atomic mass is 10.0. The predicted molar refractivity (Wildman–Crippen MR) is 120 cm³/mol. The number of fused-ring (bicyclic) bond motifs is 2. The van der Waals surface area contributed by atoms with Gasteiger partial charge in [0, 0.05) is 37.0 Å². The number of aromatic nitrogens is 3. The van der Waals surface area contributed by atoms with Crippen molar-refractivity contribution in [3.8, 4) is 0 Å². The molecule has 0 radical (unpaired) electrons. The third kappa shape index (κ3) is 3.77. The van der Waals surface area contributed by atoms with E-state index >= 15 is 0 Å². The molecule has 2 aromatic carbocycles. The van der Waals surface area contributed by atoms with E-state index < -0.39 is 11.6 Å². The Morgan fingerprint density at radius 1 is 1.16 bits per heavy atom. The standard InChI is InChI=1S/C24H22N4O3/c1-3-12-25-23(30)21(13-16-14-26-19-10-6-4-8-17(16)19)28-22(15(2)29)27-20-11-7-5-9-18(20)24(28)31/h3-11,14,21,26H,1,12-13H2,2H3,(H,25,30)/t21-/m0/s1. The highest BCUT2D eigenvalue weighted by Gasteiger charge is 2.28. The summed E-state index contributed by atoms with van der Waals surface area (Å²) in [4.78, 5) is 46.6. The maximum atomic E-state index is 13.4. The van der Waals surface area contributed by atoms with Gasteiger partial charge in [0.05, 0.1) is 10.9 Å². The number of carbonyl (C=O) groups is 2. The van der Waals surface area contributed by atoms with Gasteiger partial charge in [-0.05, 0) is 23.8 Å². The number of aromatic amines is 1. The van der Waals surface area contributed by atoms with Gasteiger partial charge < -0.3 is 10.3 Å². The van der Waals surface area contributed by atoms with Crippen LogP contribution >= 0.6 is 0 Å². The molecule has 1 atom stereocenters. The van der Waals surface area contributed by atoms with Crippen molar-refractivity contribution >= 4 is 33.5 Å². The maximum absolute atomic E-state index is 13.4. The van der Waals surface area contributed by atoms with E-state index in [-0.39, 0.29) is 30.5 Å². The van der Waals surface area contributed by atoms with Crippen LogP contribution in [0.3, 0.4) is 0 Å². The van der Waals surface area contributed by atoms with Gasteiger partial charge >= 0.3 is 0 Å². The van der Waals surface area contributed by atoms with Gasteiger partial charge in [0.1, 0.15) is 6.04 Å². The van der Waals surface area contributed by atoms with Crippen molar-refractivity contribution in [2.75, 3.05) is 6.54 Å². The summed E-state index contributed by atoms with van der Waals surface area (Å²) in [5, 5.41) is 4.08. The van der Waals surface area contributed by atoms with Crippen molar-refractivity contribution < 1.29 is 9.59 Å². The van der Waals surface area contributed by atoms with Gasteiger partial charge in [0.15, 0.2) is 11.6 Å². The van der Waals surface area contributed by atoms with Crippen LogP contribution in [0.2, 0.25) is 0 Å². The molecule has 0 aliphatic heterocycles. The molecule has 2 heterocycles. The van der Waals surface area contributed by atoms with Crippen LogP contribution in [-0.4, -0.2) is 32.8 Å². The number of ketones is 1. The van der Waals surface area contributed by atoms with Crippen LogP contribution in [0.4, 0.5) is 0 Å². The Balaban J connectivity index is 1.92. The number of Topliss-reactive ketones (excluding diaryl/α,β-unsaturated/α-hetero) is 1. The topological polar surface area (TPSA) is 96.8 Å². The lowest BCUT2D eigenvalue weighted by molar-refractivity contribution is -0.124. The normalized spacial score (nSPS) is 12.0. The van der Waals surface area contributed by atoms with E-state index in [1.165, 1.54) is 11.5 Å². The summed E-state index contributed by atoms with van der Waals surface area (Å²) in [5.41, 5.74) is 1.79.